The largest absolute Gasteiger partial charge is 0.451 e. The van der Waals surface area contributed by atoms with Crippen LogP contribution in [0.25, 0.3) is 11.3 Å². The van der Waals surface area contributed by atoms with Crippen molar-refractivity contribution in [1.82, 2.24) is 34.8 Å². The van der Waals surface area contributed by atoms with Gasteiger partial charge in [-0.1, -0.05) is 12.1 Å². The molecule has 38 heavy (non-hydrogen) atoms. The zero-order valence-electron chi connectivity index (χ0n) is 20.0. The molecule has 0 aromatic carbocycles. The minimum atomic E-state index is -4.64. The number of alkyl halides is 3. The third-order valence-corrected chi connectivity index (χ3v) is 5.15. The van der Waals surface area contributed by atoms with Gasteiger partial charge in [-0.25, -0.2) is 15.0 Å². The fourth-order valence-corrected chi connectivity index (χ4v) is 3.42. The molecule has 0 aliphatic carbocycles. The monoisotopic (exact) mass is 528 g/mol. The third-order valence-electron chi connectivity index (χ3n) is 5.15. The van der Waals surface area contributed by atoms with Gasteiger partial charge >= 0.3 is 6.18 Å². The van der Waals surface area contributed by atoms with Gasteiger partial charge in [0.2, 0.25) is 11.8 Å². The highest BCUT2D eigenvalue weighted by molar-refractivity contribution is 5.98. The Bertz CT molecular complexity index is 1380. The number of rotatable bonds is 10. The van der Waals surface area contributed by atoms with E-state index in [0.29, 0.717) is 17.2 Å². The van der Waals surface area contributed by atoms with Gasteiger partial charge in [0.1, 0.15) is 5.82 Å². The van der Waals surface area contributed by atoms with E-state index in [1.807, 2.05) is 6.07 Å². The quantitative estimate of drug-likeness (QED) is 0.194. The lowest BCUT2D eigenvalue weighted by Gasteiger charge is -2.13. The highest BCUT2D eigenvalue weighted by Gasteiger charge is 2.34. The number of aliphatic hydroxyl groups is 1. The minimum absolute atomic E-state index is 0.0569. The second-order valence-electron chi connectivity index (χ2n) is 7.71. The number of hydrogen-bond acceptors (Lipinski definition) is 10. The number of hydrogen-bond donors (Lipinski definition) is 5. The second kappa shape index (κ2) is 11.5. The van der Waals surface area contributed by atoms with E-state index in [-0.39, 0.29) is 42.7 Å². The van der Waals surface area contributed by atoms with E-state index in [1.165, 1.54) is 4.57 Å². The summed E-state index contributed by atoms with van der Waals surface area (Å²) in [5.41, 5.74) is 7.18. The molecule has 0 saturated carbocycles. The molecule has 0 aliphatic rings. The van der Waals surface area contributed by atoms with Crippen molar-refractivity contribution in [1.29, 1.82) is 0 Å². The molecule has 0 bridgehead atoms. The first kappa shape index (κ1) is 26.3. The zero-order chi connectivity index (χ0) is 27.1. The molecule has 15 heteroatoms. The first-order chi connectivity index (χ1) is 18.3. The summed E-state index contributed by atoms with van der Waals surface area (Å²) in [6, 6.07) is 10.2. The van der Waals surface area contributed by atoms with Crippen molar-refractivity contribution in [3.63, 3.8) is 0 Å². The van der Waals surface area contributed by atoms with Crippen molar-refractivity contribution in [3.8, 4) is 11.3 Å². The van der Waals surface area contributed by atoms with Crippen LogP contribution in [0.4, 0.5) is 30.8 Å². The minimum Gasteiger partial charge on any atom is -0.395 e. The van der Waals surface area contributed by atoms with E-state index in [0.717, 1.165) is 12.4 Å². The molecule has 4 heterocycles. The van der Waals surface area contributed by atoms with Gasteiger partial charge in [-0.05, 0) is 24.3 Å². The van der Waals surface area contributed by atoms with Crippen molar-refractivity contribution in [2.75, 3.05) is 29.8 Å². The molecule has 0 radical (unpaired) electrons. The molecule has 1 amide bonds. The molecule has 0 spiro atoms. The normalized spacial score (nSPS) is 11.2. The summed E-state index contributed by atoms with van der Waals surface area (Å²) < 4.78 is 39.7. The van der Waals surface area contributed by atoms with E-state index in [9.17, 15) is 23.1 Å². The summed E-state index contributed by atoms with van der Waals surface area (Å²) >= 11 is 0. The number of carbonyl (C=O) groups is 1. The fourth-order valence-electron chi connectivity index (χ4n) is 3.42. The maximum Gasteiger partial charge on any atom is 0.451 e. The lowest BCUT2D eigenvalue weighted by Crippen LogP contribution is -2.28. The topological polar surface area (TPSA) is 155 Å². The first-order valence-electron chi connectivity index (χ1n) is 11.3. The van der Waals surface area contributed by atoms with Gasteiger partial charge in [-0.3, -0.25) is 20.6 Å². The van der Waals surface area contributed by atoms with Gasteiger partial charge in [0.05, 0.1) is 24.5 Å². The summed E-state index contributed by atoms with van der Waals surface area (Å²) in [6.45, 7) is -0.0176. The maximum atomic E-state index is 13.0. The van der Waals surface area contributed by atoms with E-state index in [1.54, 1.807) is 43.6 Å². The molecule has 0 fully saturated rings. The molecule has 4 aromatic rings. The average Bonchev–Trinajstić information content (AvgIpc) is 3.28. The van der Waals surface area contributed by atoms with Crippen LogP contribution in [0.1, 0.15) is 22.0 Å². The van der Waals surface area contributed by atoms with Crippen molar-refractivity contribution in [2.45, 2.75) is 19.3 Å². The average molecular weight is 528 g/mol. The first-order valence-corrected chi connectivity index (χ1v) is 11.3. The van der Waals surface area contributed by atoms with Crippen LogP contribution in [0.5, 0.6) is 0 Å². The zero-order valence-corrected chi connectivity index (χ0v) is 20.0. The molecule has 4 aromatic heterocycles. The Morgan fingerprint density at radius 1 is 1.03 bits per heavy atom. The van der Waals surface area contributed by atoms with Crippen LogP contribution in [0, 0.1) is 0 Å². The number of imidazole rings is 1. The standard InChI is InChI=1S/C23H23F3N10O2/c1-27-19-18(20(38)29-13-15-5-2-3-8-28-15)36(9-10-37)22(33-19)35-34-17-7-4-6-16(32-17)14-11-30-21(31-12-14)23(24,25)26/h2-8,11-12,27,37H,9-10,13H2,1H3,(H,29,38)(H,32,34)(H,33,35). The summed E-state index contributed by atoms with van der Waals surface area (Å²) in [6.07, 6.45) is -0.940. The Morgan fingerprint density at radius 2 is 1.82 bits per heavy atom. The van der Waals surface area contributed by atoms with Crippen LogP contribution in [0.3, 0.4) is 0 Å². The second-order valence-corrected chi connectivity index (χ2v) is 7.71. The van der Waals surface area contributed by atoms with Crippen LogP contribution in [-0.4, -0.2) is 54.2 Å². The van der Waals surface area contributed by atoms with Crippen molar-refractivity contribution >= 4 is 23.5 Å². The molecule has 0 atom stereocenters. The van der Waals surface area contributed by atoms with Crippen molar-refractivity contribution in [2.24, 2.45) is 0 Å². The summed E-state index contributed by atoms with van der Waals surface area (Å²) in [4.78, 5) is 32.6. The molecule has 0 aliphatic heterocycles. The van der Waals surface area contributed by atoms with E-state index in [2.05, 4.69) is 46.4 Å². The number of nitrogens with zero attached hydrogens (tertiary/aromatic N) is 6. The number of anilines is 3. The highest BCUT2D eigenvalue weighted by atomic mass is 19.4. The van der Waals surface area contributed by atoms with Crippen LogP contribution >= 0.6 is 0 Å². The van der Waals surface area contributed by atoms with E-state index in [4.69, 9.17) is 0 Å². The van der Waals surface area contributed by atoms with Gasteiger partial charge in [-0.2, -0.15) is 18.2 Å². The SMILES string of the molecule is CNc1nc(NNc2cccc(-c3cnc(C(F)(F)F)nc3)n2)n(CCO)c1C(=O)NCc1ccccn1. The number of hydrazine groups is 1. The number of carbonyl (C=O) groups excluding carboxylic acids is 1. The molecule has 198 valence electrons. The molecule has 0 unspecified atom stereocenters. The summed E-state index contributed by atoms with van der Waals surface area (Å²) in [5.74, 6) is -0.904. The van der Waals surface area contributed by atoms with Crippen LogP contribution < -0.4 is 21.5 Å². The molecular weight excluding hydrogens is 505 g/mol. The smallest absolute Gasteiger partial charge is 0.395 e. The van der Waals surface area contributed by atoms with E-state index < -0.39 is 17.9 Å². The lowest BCUT2D eigenvalue weighted by molar-refractivity contribution is -0.145. The fraction of sp³-hybridized carbons (Fsp3) is 0.217. The summed E-state index contributed by atoms with van der Waals surface area (Å²) in [5, 5.41) is 15.3. The molecule has 12 nitrogen and oxygen atoms in total. The third kappa shape index (κ3) is 6.12. The predicted octanol–water partition coefficient (Wildman–Crippen LogP) is 2.55. The Labute approximate surface area is 214 Å². The van der Waals surface area contributed by atoms with Gasteiger partial charge < -0.3 is 20.3 Å². The number of pyridine rings is 2. The number of aliphatic hydroxyl groups excluding tert-OH is 1. The number of halogens is 3. The van der Waals surface area contributed by atoms with Crippen molar-refractivity contribution < 1.29 is 23.1 Å². The van der Waals surface area contributed by atoms with Crippen LogP contribution in [-0.2, 0) is 19.3 Å². The predicted molar refractivity (Wildman–Crippen MR) is 132 cm³/mol. The highest BCUT2D eigenvalue weighted by Crippen LogP contribution is 2.27. The van der Waals surface area contributed by atoms with Gasteiger partial charge in [0.15, 0.2) is 11.5 Å². The van der Waals surface area contributed by atoms with Gasteiger partial charge in [0, 0.05) is 37.7 Å². The lowest BCUT2D eigenvalue weighted by atomic mass is 10.2. The van der Waals surface area contributed by atoms with E-state index >= 15 is 0 Å². The molecule has 4 rings (SSSR count). The number of amides is 1. The molecule has 0 saturated heterocycles. The summed E-state index contributed by atoms with van der Waals surface area (Å²) in [7, 11) is 1.61. The Morgan fingerprint density at radius 3 is 2.47 bits per heavy atom. The Balaban J connectivity index is 1.51. The van der Waals surface area contributed by atoms with Crippen LogP contribution in [0.15, 0.2) is 55.0 Å². The molecular formula is C23H23F3N10O2. The Kier molecular flexibility index (Phi) is 7.96. The van der Waals surface area contributed by atoms with Gasteiger partial charge in [-0.15, -0.1) is 0 Å². The Hall–Kier alpha value is -4.79. The molecule has 5 N–H and O–H groups in total. The van der Waals surface area contributed by atoms with Gasteiger partial charge in [0.25, 0.3) is 5.91 Å². The number of nitrogens with one attached hydrogen (secondary N) is 4. The van der Waals surface area contributed by atoms with Crippen LogP contribution in [0.2, 0.25) is 0 Å². The number of aromatic nitrogens is 6. The van der Waals surface area contributed by atoms with Crippen molar-refractivity contribution in [3.05, 3.63) is 72.2 Å². The maximum absolute atomic E-state index is 13.0.